The normalized spacial score (nSPS) is 17.3. The van der Waals surface area contributed by atoms with Crippen LogP contribution < -0.4 is 24.2 Å². The maximum Gasteiger partial charge on any atom is 0.491 e. The molecule has 1 fully saturated rings. The third-order valence-electron chi connectivity index (χ3n) is 6.45. The molecule has 0 saturated carbocycles. The molecular weight excluding hydrogens is 595 g/mol. The average Bonchev–Trinajstić information content (AvgIpc) is 3.20. The fraction of sp³-hybridized carbons (Fsp3) is 0.440. The lowest BCUT2D eigenvalue weighted by molar-refractivity contribution is -0.189. The molecule has 1 atom stereocenters. The van der Waals surface area contributed by atoms with Crippen molar-refractivity contribution >= 4 is 39.3 Å². The summed E-state index contributed by atoms with van der Waals surface area (Å²) >= 11 is 6.10. The van der Waals surface area contributed by atoms with Crippen molar-refractivity contribution in [3.63, 3.8) is 0 Å². The number of fused-ring (bicyclic) bond motifs is 1. The van der Waals surface area contributed by atoms with Gasteiger partial charge in [0.2, 0.25) is 10.0 Å². The standard InChI is InChI=1S/C25H27ClF3N3O8S/c1-41(36,37)31-23(35)30-19-4-3-18(39-22(34)25(27,28)29)11-21(19)38-14-17(33)13-32-8-6-24(7-9-32)12-15-10-16(26)2-5-20(15)40-24/h2-5,10-11,17,33H,6-9,12-14H2,1H3,(H2,30,31,35)/t17-/m0/s1. The third kappa shape index (κ3) is 8.38. The molecule has 0 unspecified atom stereocenters. The van der Waals surface area contributed by atoms with Gasteiger partial charge in [0.05, 0.1) is 11.9 Å². The first kappa shape index (κ1) is 30.7. The lowest BCUT2D eigenvalue weighted by atomic mass is 9.87. The number of ether oxygens (including phenoxy) is 3. The second-order valence-electron chi connectivity index (χ2n) is 9.85. The lowest BCUT2D eigenvalue weighted by Gasteiger charge is -2.39. The van der Waals surface area contributed by atoms with E-state index in [-0.39, 0.29) is 30.2 Å². The molecule has 2 aromatic carbocycles. The predicted octanol–water partition coefficient (Wildman–Crippen LogP) is 3.10. The van der Waals surface area contributed by atoms with Crippen LogP contribution in [-0.2, 0) is 21.2 Å². The number of likely N-dealkylation sites (tertiary alicyclic amines) is 1. The molecule has 0 aromatic heterocycles. The Morgan fingerprint density at radius 1 is 1.20 bits per heavy atom. The van der Waals surface area contributed by atoms with Gasteiger partial charge in [0.15, 0.2) is 0 Å². The van der Waals surface area contributed by atoms with Gasteiger partial charge in [-0.25, -0.2) is 22.7 Å². The van der Waals surface area contributed by atoms with Gasteiger partial charge in [-0.3, -0.25) is 0 Å². The van der Waals surface area contributed by atoms with Crippen molar-refractivity contribution in [1.29, 1.82) is 0 Å². The van der Waals surface area contributed by atoms with Crippen LogP contribution in [0.5, 0.6) is 17.2 Å². The van der Waals surface area contributed by atoms with Crippen molar-refractivity contribution < 1.29 is 50.5 Å². The molecule has 0 bridgehead atoms. The Hall–Kier alpha value is -3.27. The average molecular weight is 622 g/mol. The highest BCUT2D eigenvalue weighted by molar-refractivity contribution is 7.89. The monoisotopic (exact) mass is 621 g/mol. The van der Waals surface area contributed by atoms with Gasteiger partial charge in [0.1, 0.15) is 35.6 Å². The predicted molar refractivity (Wildman–Crippen MR) is 141 cm³/mol. The van der Waals surface area contributed by atoms with E-state index in [9.17, 15) is 36.3 Å². The number of nitrogens with one attached hydrogen (secondary N) is 2. The van der Waals surface area contributed by atoms with Crippen molar-refractivity contribution in [2.24, 2.45) is 0 Å². The molecule has 224 valence electrons. The van der Waals surface area contributed by atoms with Crippen LogP contribution in [0.25, 0.3) is 0 Å². The summed E-state index contributed by atoms with van der Waals surface area (Å²) in [6.07, 6.45) is -3.40. The summed E-state index contributed by atoms with van der Waals surface area (Å²) in [6, 6.07) is 7.26. The number of hydrogen-bond acceptors (Lipinski definition) is 9. The Bertz CT molecular complexity index is 1420. The summed E-state index contributed by atoms with van der Waals surface area (Å²) in [5, 5.41) is 13.4. The molecule has 0 radical (unpaired) electrons. The number of alkyl halides is 3. The molecule has 11 nitrogen and oxygen atoms in total. The summed E-state index contributed by atoms with van der Waals surface area (Å²) in [5.74, 6) is -2.48. The number of hydrogen-bond donors (Lipinski definition) is 3. The Balaban J connectivity index is 1.36. The Morgan fingerprint density at radius 2 is 1.90 bits per heavy atom. The summed E-state index contributed by atoms with van der Waals surface area (Å²) in [6.45, 7) is 1.11. The molecule has 3 N–H and O–H groups in total. The fourth-order valence-corrected chi connectivity index (χ4v) is 5.21. The van der Waals surface area contributed by atoms with Gasteiger partial charge in [-0.1, -0.05) is 11.6 Å². The number of esters is 1. The van der Waals surface area contributed by atoms with E-state index in [1.807, 2.05) is 17.0 Å². The first-order valence-electron chi connectivity index (χ1n) is 12.3. The zero-order valence-corrected chi connectivity index (χ0v) is 23.2. The van der Waals surface area contributed by atoms with Crippen molar-refractivity contribution in [3.8, 4) is 17.2 Å². The third-order valence-corrected chi connectivity index (χ3v) is 7.24. The molecule has 1 spiro atoms. The van der Waals surface area contributed by atoms with E-state index in [0.717, 1.165) is 42.2 Å². The van der Waals surface area contributed by atoms with Crippen LogP contribution in [0.3, 0.4) is 0 Å². The van der Waals surface area contributed by atoms with E-state index < -0.39 is 40.1 Å². The van der Waals surface area contributed by atoms with Crippen LogP contribution in [0.2, 0.25) is 5.02 Å². The number of carbonyl (C=O) groups is 2. The van der Waals surface area contributed by atoms with Gasteiger partial charge in [-0.05, 0) is 35.9 Å². The number of rotatable bonds is 8. The molecule has 1 saturated heterocycles. The second-order valence-corrected chi connectivity index (χ2v) is 12.0. The quantitative estimate of drug-likeness (QED) is 0.299. The van der Waals surface area contributed by atoms with Gasteiger partial charge < -0.3 is 29.5 Å². The van der Waals surface area contributed by atoms with Gasteiger partial charge in [-0.15, -0.1) is 0 Å². The van der Waals surface area contributed by atoms with Crippen LogP contribution >= 0.6 is 11.6 Å². The maximum atomic E-state index is 12.6. The van der Waals surface area contributed by atoms with E-state index in [0.29, 0.717) is 31.0 Å². The zero-order valence-electron chi connectivity index (χ0n) is 21.7. The van der Waals surface area contributed by atoms with Crippen LogP contribution in [0, 0.1) is 0 Å². The van der Waals surface area contributed by atoms with Gasteiger partial charge >= 0.3 is 18.2 Å². The molecule has 16 heteroatoms. The highest BCUT2D eigenvalue weighted by Crippen LogP contribution is 2.42. The summed E-state index contributed by atoms with van der Waals surface area (Å²) < 4.78 is 78.3. The van der Waals surface area contributed by atoms with Gasteiger partial charge in [-0.2, -0.15) is 13.2 Å². The number of benzene rings is 2. The molecule has 2 aromatic rings. The van der Waals surface area contributed by atoms with Crippen LogP contribution in [0.15, 0.2) is 36.4 Å². The zero-order chi connectivity index (χ0) is 30.0. The number of urea groups is 1. The summed E-state index contributed by atoms with van der Waals surface area (Å²) in [5.41, 5.74) is 0.562. The van der Waals surface area contributed by atoms with Crippen molar-refractivity contribution in [2.45, 2.75) is 37.1 Å². The first-order valence-corrected chi connectivity index (χ1v) is 14.6. The van der Waals surface area contributed by atoms with Crippen molar-refractivity contribution in [1.82, 2.24) is 9.62 Å². The second kappa shape index (κ2) is 11.9. The van der Waals surface area contributed by atoms with E-state index in [1.165, 1.54) is 0 Å². The summed E-state index contributed by atoms with van der Waals surface area (Å²) in [4.78, 5) is 25.2. The molecule has 4 rings (SSSR count). The lowest BCUT2D eigenvalue weighted by Crippen LogP contribution is -2.49. The minimum atomic E-state index is -5.25. The van der Waals surface area contributed by atoms with Gasteiger partial charge in [0, 0.05) is 50.0 Å². The van der Waals surface area contributed by atoms with Crippen LogP contribution in [-0.4, -0.2) is 80.8 Å². The smallest absolute Gasteiger partial charge is 0.489 e. The number of amides is 2. The molecule has 0 aliphatic carbocycles. The minimum Gasteiger partial charge on any atom is -0.489 e. The first-order chi connectivity index (χ1) is 19.1. The highest BCUT2D eigenvalue weighted by Gasteiger charge is 2.43. The SMILES string of the molecule is CS(=O)(=O)NC(=O)Nc1ccc(OC(=O)C(F)(F)F)cc1OC[C@@H](O)CN1CCC2(CC1)Cc1cc(Cl)ccc1O2. The number of piperidine rings is 1. The Kier molecular flexibility index (Phi) is 8.92. The molecule has 2 amide bonds. The number of sulfonamides is 1. The number of β-amino-alcohol motifs (C(OH)–C–C–N with tert-alkyl or cyclic N) is 1. The number of carbonyl (C=O) groups excluding carboxylic acids is 2. The topological polar surface area (TPSA) is 144 Å². The van der Waals surface area contributed by atoms with Crippen LogP contribution in [0.1, 0.15) is 18.4 Å². The Labute approximate surface area is 238 Å². The summed E-state index contributed by atoms with van der Waals surface area (Å²) in [7, 11) is -3.92. The largest absolute Gasteiger partial charge is 0.491 e. The molecule has 2 aliphatic heterocycles. The van der Waals surface area contributed by atoms with Crippen LogP contribution in [0.4, 0.5) is 23.7 Å². The molecule has 41 heavy (non-hydrogen) atoms. The van der Waals surface area contributed by atoms with E-state index in [2.05, 4.69) is 10.1 Å². The number of halogens is 4. The molecule has 2 heterocycles. The number of aliphatic hydroxyl groups is 1. The Morgan fingerprint density at radius 3 is 2.56 bits per heavy atom. The number of nitrogens with zero attached hydrogens (tertiary/aromatic N) is 1. The van der Waals surface area contributed by atoms with Crippen molar-refractivity contribution in [3.05, 3.63) is 47.0 Å². The molecular formula is C25H27ClF3N3O8S. The highest BCUT2D eigenvalue weighted by atomic mass is 35.5. The fourth-order valence-electron chi connectivity index (χ4n) is 4.63. The number of anilines is 1. The van der Waals surface area contributed by atoms with E-state index in [1.54, 1.807) is 10.8 Å². The molecule has 2 aliphatic rings. The maximum absolute atomic E-state index is 12.6. The minimum absolute atomic E-state index is 0.150. The number of aliphatic hydroxyl groups excluding tert-OH is 1. The van der Waals surface area contributed by atoms with Gasteiger partial charge in [0.25, 0.3) is 0 Å². The van der Waals surface area contributed by atoms with Crippen molar-refractivity contribution in [2.75, 3.05) is 37.8 Å². The van der Waals surface area contributed by atoms with E-state index >= 15 is 0 Å². The van der Waals surface area contributed by atoms with E-state index in [4.69, 9.17) is 21.1 Å².